The van der Waals surface area contributed by atoms with E-state index in [1.807, 2.05) is 13.8 Å². The van der Waals surface area contributed by atoms with Crippen molar-refractivity contribution in [2.75, 3.05) is 7.05 Å². The Bertz CT molecular complexity index is 758. The summed E-state index contributed by atoms with van der Waals surface area (Å²) in [4.78, 5) is 26.5. The molecule has 2 aromatic rings. The van der Waals surface area contributed by atoms with Gasteiger partial charge in [-0.3, -0.25) is 9.59 Å². The summed E-state index contributed by atoms with van der Waals surface area (Å²) in [6, 6.07) is 6.64. The average molecular weight is 347 g/mol. The molecule has 25 heavy (non-hydrogen) atoms. The molecule has 2 amide bonds. The van der Waals surface area contributed by atoms with Gasteiger partial charge in [-0.2, -0.15) is 0 Å². The standard InChI is InChI=1S/C18H22FN3O3/c1-11(2)16(20-17(23)14-7-5-6-8-15(14)19)18(24)22(4)10-13-9-12(3)25-21-13/h5-9,11,16H,10H2,1-4H3,(H,20,23)/t16-/m1/s1. The summed E-state index contributed by atoms with van der Waals surface area (Å²) in [5.41, 5.74) is 0.534. The Morgan fingerprint density at radius 1 is 1.32 bits per heavy atom. The third-order valence-corrected chi connectivity index (χ3v) is 3.79. The average Bonchev–Trinajstić information content (AvgIpc) is 2.96. The van der Waals surface area contributed by atoms with E-state index in [0.29, 0.717) is 11.5 Å². The lowest BCUT2D eigenvalue weighted by molar-refractivity contribution is -0.133. The molecule has 2 rings (SSSR count). The normalized spacial score (nSPS) is 12.1. The van der Waals surface area contributed by atoms with Crippen molar-refractivity contribution in [3.05, 3.63) is 53.2 Å². The number of amides is 2. The van der Waals surface area contributed by atoms with E-state index in [2.05, 4.69) is 10.5 Å². The first-order valence-corrected chi connectivity index (χ1v) is 8.02. The molecule has 0 spiro atoms. The molecule has 1 atom stereocenters. The van der Waals surface area contributed by atoms with E-state index in [1.165, 1.54) is 23.1 Å². The van der Waals surface area contributed by atoms with Crippen LogP contribution in [0.4, 0.5) is 4.39 Å². The second kappa shape index (κ2) is 7.92. The number of hydrogen-bond acceptors (Lipinski definition) is 4. The number of aryl methyl sites for hydroxylation is 1. The number of halogens is 1. The maximum Gasteiger partial charge on any atom is 0.254 e. The van der Waals surface area contributed by atoms with Gasteiger partial charge in [-0.15, -0.1) is 0 Å². The predicted octanol–water partition coefficient (Wildman–Crippen LogP) is 2.54. The molecule has 7 heteroatoms. The molecule has 0 saturated carbocycles. The number of aromatic nitrogens is 1. The van der Waals surface area contributed by atoms with Gasteiger partial charge in [-0.25, -0.2) is 4.39 Å². The van der Waals surface area contributed by atoms with Crippen LogP contribution in [-0.4, -0.2) is 35.0 Å². The van der Waals surface area contributed by atoms with Crippen molar-refractivity contribution >= 4 is 11.8 Å². The minimum absolute atomic E-state index is 0.0873. The summed E-state index contributed by atoms with van der Waals surface area (Å²) >= 11 is 0. The Kier molecular flexibility index (Phi) is 5.90. The molecule has 1 aromatic carbocycles. The first-order chi connectivity index (χ1) is 11.8. The molecule has 0 saturated heterocycles. The fraction of sp³-hybridized carbons (Fsp3) is 0.389. The predicted molar refractivity (Wildman–Crippen MR) is 90.2 cm³/mol. The number of rotatable bonds is 6. The van der Waals surface area contributed by atoms with Gasteiger partial charge in [0.2, 0.25) is 5.91 Å². The van der Waals surface area contributed by atoms with Crippen LogP contribution in [-0.2, 0) is 11.3 Å². The number of carbonyl (C=O) groups excluding carboxylic acids is 2. The maximum atomic E-state index is 13.8. The van der Waals surface area contributed by atoms with Crippen LogP contribution in [0.2, 0.25) is 0 Å². The zero-order chi connectivity index (χ0) is 18.6. The fourth-order valence-corrected chi connectivity index (χ4v) is 2.43. The van der Waals surface area contributed by atoms with E-state index in [9.17, 15) is 14.0 Å². The molecule has 0 unspecified atom stereocenters. The molecule has 1 N–H and O–H groups in total. The first-order valence-electron chi connectivity index (χ1n) is 8.02. The highest BCUT2D eigenvalue weighted by atomic mass is 19.1. The van der Waals surface area contributed by atoms with Crippen molar-refractivity contribution < 1.29 is 18.5 Å². The van der Waals surface area contributed by atoms with Crippen molar-refractivity contribution in [1.29, 1.82) is 0 Å². The van der Waals surface area contributed by atoms with Crippen molar-refractivity contribution in [3.8, 4) is 0 Å². The number of nitrogens with one attached hydrogen (secondary N) is 1. The fourth-order valence-electron chi connectivity index (χ4n) is 2.43. The SMILES string of the molecule is Cc1cc(CN(C)C(=O)[C@H](NC(=O)c2ccccc2F)C(C)C)no1. The topological polar surface area (TPSA) is 75.4 Å². The van der Waals surface area contributed by atoms with Gasteiger partial charge in [-0.05, 0) is 25.0 Å². The monoisotopic (exact) mass is 347 g/mol. The summed E-state index contributed by atoms with van der Waals surface area (Å²) in [7, 11) is 1.62. The minimum Gasteiger partial charge on any atom is -0.361 e. The van der Waals surface area contributed by atoms with E-state index in [-0.39, 0.29) is 23.9 Å². The number of hydrogen-bond donors (Lipinski definition) is 1. The Balaban J connectivity index is 2.10. The molecule has 0 radical (unpaired) electrons. The molecular formula is C18H22FN3O3. The maximum absolute atomic E-state index is 13.8. The quantitative estimate of drug-likeness (QED) is 0.871. The molecule has 0 aliphatic rings. The van der Waals surface area contributed by atoms with Gasteiger partial charge >= 0.3 is 0 Å². The summed E-state index contributed by atoms with van der Waals surface area (Å²) in [6.07, 6.45) is 0. The summed E-state index contributed by atoms with van der Waals surface area (Å²) < 4.78 is 18.8. The number of nitrogens with zero attached hydrogens (tertiary/aromatic N) is 2. The highest BCUT2D eigenvalue weighted by Crippen LogP contribution is 2.12. The summed E-state index contributed by atoms with van der Waals surface area (Å²) in [5.74, 6) is -1.02. The van der Waals surface area contributed by atoms with Gasteiger partial charge in [0.05, 0.1) is 12.1 Å². The highest BCUT2D eigenvalue weighted by Gasteiger charge is 2.28. The Morgan fingerprint density at radius 2 is 2.00 bits per heavy atom. The summed E-state index contributed by atoms with van der Waals surface area (Å²) in [5, 5.41) is 6.49. The van der Waals surface area contributed by atoms with Crippen LogP contribution < -0.4 is 5.32 Å². The second-order valence-corrected chi connectivity index (χ2v) is 6.30. The van der Waals surface area contributed by atoms with E-state index >= 15 is 0 Å². The van der Waals surface area contributed by atoms with Gasteiger partial charge in [0.15, 0.2) is 0 Å². The van der Waals surface area contributed by atoms with Crippen LogP contribution in [0, 0.1) is 18.7 Å². The minimum atomic E-state index is -0.773. The van der Waals surface area contributed by atoms with Crippen LogP contribution in [0.25, 0.3) is 0 Å². The third-order valence-electron chi connectivity index (χ3n) is 3.79. The Morgan fingerprint density at radius 3 is 2.56 bits per heavy atom. The van der Waals surface area contributed by atoms with Crippen LogP contribution in [0.3, 0.4) is 0 Å². The van der Waals surface area contributed by atoms with E-state index in [0.717, 1.165) is 0 Å². The second-order valence-electron chi connectivity index (χ2n) is 6.30. The number of likely N-dealkylation sites (N-methyl/N-ethyl adjacent to an activating group) is 1. The van der Waals surface area contributed by atoms with Crippen LogP contribution in [0.5, 0.6) is 0 Å². The molecule has 1 aromatic heterocycles. The van der Waals surface area contributed by atoms with Gasteiger partial charge in [0, 0.05) is 13.1 Å². The van der Waals surface area contributed by atoms with Gasteiger partial charge in [-0.1, -0.05) is 31.1 Å². The van der Waals surface area contributed by atoms with Crippen LogP contribution in [0.15, 0.2) is 34.9 Å². The molecule has 134 valence electrons. The van der Waals surface area contributed by atoms with Crippen molar-refractivity contribution in [2.45, 2.75) is 33.4 Å². The molecule has 0 aliphatic heterocycles. The molecular weight excluding hydrogens is 325 g/mol. The Hall–Kier alpha value is -2.70. The van der Waals surface area contributed by atoms with Crippen LogP contribution in [0.1, 0.15) is 35.7 Å². The van der Waals surface area contributed by atoms with Crippen LogP contribution >= 0.6 is 0 Å². The van der Waals surface area contributed by atoms with Gasteiger partial charge < -0.3 is 14.7 Å². The van der Waals surface area contributed by atoms with E-state index in [1.54, 1.807) is 26.1 Å². The number of benzene rings is 1. The molecule has 0 aliphatic carbocycles. The largest absolute Gasteiger partial charge is 0.361 e. The van der Waals surface area contributed by atoms with E-state index in [4.69, 9.17) is 4.52 Å². The smallest absolute Gasteiger partial charge is 0.254 e. The lowest BCUT2D eigenvalue weighted by Crippen LogP contribution is -2.50. The lowest BCUT2D eigenvalue weighted by atomic mass is 10.0. The molecule has 6 nitrogen and oxygen atoms in total. The third kappa shape index (κ3) is 4.65. The number of carbonyl (C=O) groups is 2. The van der Waals surface area contributed by atoms with Crippen molar-refractivity contribution in [1.82, 2.24) is 15.4 Å². The first kappa shape index (κ1) is 18.6. The van der Waals surface area contributed by atoms with Gasteiger partial charge in [0.1, 0.15) is 23.3 Å². The Labute approximate surface area is 146 Å². The lowest BCUT2D eigenvalue weighted by Gasteiger charge is -2.26. The van der Waals surface area contributed by atoms with Gasteiger partial charge in [0.25, 0.3) is 5.91 Å². The molecule has 0 bridgehead atoms. The molecule has 1 heterocycles. The van der Waals surface area contributed by atoms with Crippen molar-refractivity contribution in [2.24, 2.45) is 5.92 Å². The summed E-state index contributed by atoms with van der Waals surface area (Å²) in [6.45, 7) is 5.66. The van der Waals surface area contributed by atoms with Crippen molar-refractivity contribution in [3.63, 3.8) is 0 Å². The molecule has 0 fully saturated rings. The highest BCUT2D eigenvalue weighted by molar-refractivity contribution is 5.97. The zero-order valence-electron chi connectivity index (χ0n) is 14.7. The zero-order valence-corrected chi connectivity index (χ0v) is 14.7. The van der Waals surface area contributed by atoms with E-state index < -0.39 is 17.8 Å².